The topological polar surface area (TPSA) is 46.6 Å². The number of benzene rings is 2. The number of hydrogen-bond acceptors (Lipinski definition) is 3. The van der Waals surface area contributed by atoms with E-state index in [1.807, 2.05) is 57.2 Å². The highest BCUT2D eigenvalue weighted by molar-refractivity contribution is 7.89. The molecule has 128 valence electrons. The van der Waals surface area contributed by atoms with E-state index in [-0.39, 0.29) is 12.2 Å². The van der Waals surface area contributed by atoms with Crippen LogP contribution < -0.4 is 0 Å². The van der Waals surface area contributed by atoms with Crippen LogP contribution in [0.5, 0.6) is 0 Å². The van der Waals surface area contributed by atoms with Gasteiger partial charge in [0.05, 0.1) is 17.1 Å². The van der Waals surface area contributed by atoms with Crippen LogP contribution in [0.3, 0.4) is 0 Å². The van der Waals surface area contributed by atoms with Crippen molar-refractivity contribution >= 4 is 10.0 Å². The highest BCUT2D eigenvalue weighted by Crippen LogP contribution is 2.30. The van der Waals surface area contributed by atoms with Crippen LogP contribution in [0, 0.1) is 13.8 Å². The van der Waals surface area contributed by atoms with Crippen molar-refractivity contribution in [1.82, 2.24) is 4.31 Å². The first-order chi connectivity index (χ1) is 11.4. The Bertz CT molecular complexity index is 815. The third kappa shape index (κ3) is 3.38. The fraction of sp³-hybridized carbons (Fsp3) is 0.368. The van der Waals surface area contributed by atoms with Crippen molar-refractivity contribution in [3.05, 3.63) is 65.2 Å². The molecule has 1 heterocycles. The molecule has 0 saturated carbocycles. The van der Waals surface area contributed by atoms with Crippen LogP contribution in [0.15, 0.2) is 53.4 Å². The maximum atomic E-state index is 13.1. The molecule has 2 unspecified atom stereocenters. The highest BCUT2D eigenvalue weighted by atomic mass is 32.2. The molecule has 0 bridgehead atoms. The Kier molecular flexibility index (Phi) is 4.76. The molecule has 1 fully saturated rings. The zero-order valence-electron chi connectivity index (χ0n) is 14.3. The van der Waals surface area contributed by atoms with Gasteiger partial charge in [0.25, 0.3) is 0 Å². The van der Waals surface area contributed by atoms with Gasteiger partial charge in [0.1, 0.15) is 0 Å². The highest BCUT2D eigenvalue weighted by Gasteiger charge is 2.35. The lowest BCUT2D eigenvalue weighted by Gasteiger charge is -2.36. The first-order valence-electron chi connectivity index (χ1n) is 8.16. The van der Waals surface area contributed by atoms with Crippen molar-refractivity contribution in [1.29, 1.82) is 0 Å². The molecule has 2 aromatic carbocycles. The summed E-state index contributed by atoms with van der Waals surface area (Å²) in [4.78, 5) is 0.377. The molecule has 4 nitrogen and oxygen atoms in total. The van der Waals surface area contributed by atoms with Crippen molar-refractivity contribution in [2.45, 2.75) is 37.9 Å². The first-order valence-corrected chi connectivity index (χ1v) is 9.60. The molecule has 0 radical (unpaired) electrons. The predicted octanol–water partition coefficient (Wildman–Crippen LogP) is 3.45. The van der Waals surface area contributed by atoms with E-state index in [2.05, 4.69) is 0 Å². The van der Waals surface area contributed by atoms with Gasteiger partial charge in [-0.05, 0) is 38.0 Å². The number of morpholine rings is 1. The van der Waals surface area contributed by atoms with Gasteiger partial charge in [-0.25, -0.2) is 8.42 Å². The molecule has 24 heavy (non-hydrogen) atoms. The molecule has 0 N–H and O–H groups in total. The molecule has 2 atom stereocenters. The van der Waals surface area contributed by atoms with E-state index in [1.54, 1.807) is 16.4 Å². The number of sulfonamides is 1. The summed E-state index contributed by atoms with van der Waals surface area (Å²) in [6, 6.07) is 15.2. The molecular formula is C19H23NO3S. The van der Waals surface area contributed by atoms with E-state index in [4.69, 9.17) is 4.74 Å². The monoisotopic (exact) mass is 345 g/mol. The molecule has 0 aliphatic carbocycles. The minimum Gasteiger partial charge on any atom is -0.368 e. The summed E-state index contributed by atoms with van der Waals surface area (Å²) in [5.74, 6) is 0. The smallest absolute Gasteiger partial charge is 0.243 e. The van der Waals surface area contributed by atoms with Crippen molar-refractivity contribution in [3.8, 4) is 0 Å². The SMILES string of the molecule is Cc1ccc(C2CN(S(=O)(=O)c3ccccc3C)CC(C)O2)cc1. The van der Waals surface area contributed by atoms with Crippen molar-refractivity contribution in [2.75, 3.05) is 13.1 Å². The van der Waals surface area contributed by atoms with E-state index in [0.717, 1.165) is 11.1 Å². The summed E-state index contributed by atoms with van der Waals surface area (Å²) in [5, 5.41) is 0. The number of hydrogen-bond donors (Lipinski definition) is 0. The van der Waals surface area contributed by atoms with Crippen LogP contribution in [-0.4, -0.2) is 31.9 Å². The number of nitrogens with zero attached hydrogens (tertiary/aromatic N) is 1. The lowest BCUT2D eigenvalue weighted by Crippen LogP contribution is -2.46. The van der Waals surface area contributed by atoms with Gasteiger partial charge in [-0.15, -0.1) is 0 Å². The fourth-order valence-corrected chi connectivity index (χ4v) is 4.80. The van der Waals surface area contributed by atoms with Gasteiger partial charge in [-0.2, -0.15) is 4.31 Å². The molecule has 1 aliphatic rings. The largest absolute Gasteiger partial charge is 0.368 e. The Morgan fingerprint density at radius 2 is 1.67 bits per heavy atom. The normalized spacial score (nSPS) is 22.5. The molecule has 1 saturated heterocycles. The number of aryl methyl sites for hydroxylation is 2. The van der Waals surface area contributed by atoms with Crippen molar-refractivity contribution in [2.24, 2.45) is 0 Å². The van der Waals surface area contributed by atoms with Gasteiger partial charge in [-0.3, -0.25) is 0 Å². The standard InChI is InChI=1S/C19H23NO3S/c1-14-8-10-17(11-9-14)18-13-20(12-16(3)23-18)24(21,22)19-7-5-4-6-15(19)2/h4-11,16,18H,12-13H2,1-3H3. The van der Waals surface area contributed by atoms with Gasteiger partial charge < -0.3 is 4.74 Å². The third-order valence-corrected chi connectivity index (χ3v) is 6.38. The molecule has 0 aromatic heterocycles. The summed E-state index contributed by atoms with van der Waals surface area (Å²) >= 11 is 0. The van der Waals surface area contributed by atoms with Crippen molar-refractivity contribution < 1.29 is 13.2 Å². The molecular weight excluding hydrogens is 322 g/mol. The number of rotatable bonds is 3. The van der Waals surface area contributed by atoms with Gasteiger partial charge in [0.2, 0.25) is 10.0 Å². The van der Waals surface area contributed by atoms with Crippen LogP contribution in [0.2, 0.25) is 0 Å². The van der Waals surface area contributed by atoms with Gasteiger partial charge in [0.15, 0.2) is 0 Å². The zero-order valence-corrected chi connectivity index (χ0v) is 15.1. The second-order valence-electron chi connectivity index (χ2n) is 6.43. The second-order valence-corrected chi connectivity index (χ2v) is 8.34. The zero-order chi connectivity index (χ0) is 17.3. The predicted molar refractivity (Wildman–Crippen MR) is 94.4 cm³/mol. The molecule has 3 rings (SSSR count). The quantitative estimate of drug-likeness (QED) is 0.856. The van der Waals surface area contributed by atoms with Crippen LogP contribution in [0.4, 0.5) is 0 Å². The lowest BCUT2D eigenvalue weighted by molar-refractivity contribution is -0.0557. The summed E-state index contributed by atoms with van der Waals surface area (Å²) in [5.41, 5.74) is 2.95. The molecule has 0 amide bonds. The van der Waals surface area contributed by atoms with Crippen LogP contribution in [0.1, 0.15) is 29.7 Å². The lowest BCUT2D eigenvalue weighted by atomic mass is 10.1. The van der Waals surface area contributed by atoms with Gasteiger partial charge in [0, 0.05) is 13.1 Å². The Morgan fingerprint density at radius 3 is 2.33 bits per heavy atom. The van der Waals surface area contributed by atoms with E-state index in [1.165, 1.54) is 5.56 Å². The minimum absolute atomic E-state index is 0.149. The van der Waals surface area contributed by atoms with E-state index < -0.39 is 10.0 Å². The minimum atomic E-state index is -3.52. The maximum Gasteiger partial charge on any atom is 0.243 e. The number of ether oxygens (including phenoxy) is 1. The van der Waals surface area contributed by atoms with Crippen LogP contribution in [0.25, 0.3) is 0 Å². The van der Waals surface area contributed by atoms with E-state index >= 15 is 0 Å². The molecule has 5 heteroatoms. The average Bonchev–Trinajstić information content (AvgIpc) is 2.55. The Balaban J connectivity index is 1.91. The molecule has 1 aliphatic heterocycles. The summed E-state index contributed by atoms with van der Waals surface area (Å²) in [6.07, 6.45) is -0.392. The molecule has 0 spiro atoms. The van der Waals surface area contributed by atoms with Crippen LogP contribution in [-0.2, 0) is 14.8 Å². The summed E-state index contributed by atoms with van der Waals surface area (Å²) in [6.45, 7) is 6.49. The van der Waals surface area contributed by atoms with Crippen molar-refractivity contribution in [3.63, 3.8) is 0 Å². The van der Waals surface area contributed by atoms with Gasteiger partial charge >= 0.3 is 0 Å². The van der Waals surface area contributed by atoms with Gasteiger partial charge in [-0.1, -0.05) is 48.0 Å². The van der Waals surface area contributed by atoms with Crippen LogP contribution >= 0.6 is 0 Å². The summed E-state index contributed by atoms with van der Waals surface area (Å²) < 4.78 is 33.7. The van der Waals surface area contributed by atoms with E-state index in [0.29, 0.717) is 18.0 Å². The second kappa shape index (κ2) is 6.67. The first kappa shape index (κ1) is 17.1. The third-order valence-electron chi connectivity index (χ3n) is 4.39. The Labute approximate surface area is 144 Å². The average molecular weight is 345 g/mol. The summed E-state index contributed by atoms with van der Waals surface area (Å²) in [7, 11) is -3.52. The molecule has 2 aromatic rings. The Morgan fingerprint density at radius 1 is 1.00 bits per heavy atom. The fourth-order valence-electron chi connectivity index (χ4n) is 3.06. The Hall–Kier alpha value is -1.69. The van der Waals surface area contributed by atoms with E-state index in [9.17, 15) is 8.42 Å². The maximum absolute atomic E-state index is 13.1.